The number of carbonyl (C=O) groups excluding carboxylic acids is 1. The second kappa shape index (κ2) is 12.6. The fourth-order valence-electron chi connectivity index (χ4n) is 5.89. The minimum atomic E-state index is -4.39. The van der Waals surface area contributed by atoms with Gasteiger partial charge in [-0.15, -0.1) is 11.3 Å². The molecule has 0 amide bonds. The normalized spacial score (nSPS) is 22.2. The zero-order valence-corrected chi connectivity index (χ0v) is 24.7. The van der Waals surface area contributed by atoms with Crippen LogP contribution in [0.2, 0.25) is 0 Å². The first-order valence-corrected chi connectivity index (χ1v) is 15.0. The van der Waals surface area contributed by atoms with Crippen molar-refractivity contribution in [3.63, 3.8) is 0 Å². The number of thiazole rings is 1. The predicted octanol–water partition coefficient (Wildman–Crippen LogP) is 6.85. The third-order valence-electron chi connectivity index (χ3n) is 7.69. The Labute approximate surface area is 247 Å². The van der Waals surface area contributed by atoms with E-state index in [0.29, 0.717) is 52.0 Å². The molecule has 3 heterocycles. The number of halogens is 3. The second-order valence-electron chi connectivity index (χ2n) is 11.3. The van der Waals surface area contributed by atoms with Crippen molar-refractivity contribution >= 4 is 17.6 Å². The number of aromatic nitrogens is 1. The van der Waals surface area contributed by atoms with Gasteiger partial charge in [-0.05, 0) is 37.3 Å². The van der Waals surface area contributed by atoms with E-state index in [1.54, 1.807) is 56.3 Å². The lowest BCUT2D eigenvalue weighted by Crippen LogP contribution is -2.38. The average molecular weight is 604 g/mol. The van der Waals surface area contributed by atoms with Gasteiger partial charge in [-0.3, -0.25) is 4.79 Å². The van der Waals surface area contributed by atoms with Crippen molar-refractivity contribution < 1.29 is 32.2 Å². The lowest BCUT2D eigenvalue weighted by molar-refractivity contribution is -0.134. The number of alkyl halides is 3. The number of aldehydes is 1. The van der Waals surface area contributed by atoms with Crippen molar-refractivity contribution in [3.05, 3.63) is 57.9 Å². The molecule has 1 aromatic heterocycles. The molecule has 2 fully saturated rings. The first kappa shape index (κ1) is 30.3. The first-order chi connectivity index (χ1) is 20.1. The molecule has 1 aliphatic carbocycles. The summed E-state index contributed by atoms with van der Waals surface area (Å²) < 4.78 is 56.5. The Morgan fingerprint density at radius 1 is 1.17 bits per heavy atom. The minimum Gasteiger partial charge on any atom is -0.493 e. The van der Waals surface area contributed by atoms with E-state index >= 15 is 0 Å². The number of methoxy groups -OCH3 is 1. The monoisotopic (exact) mass is 603 g/mol. The molecule has 11 heteroatoms. The Kier molecular flexibility index (Phi) is 9.10. The molecule has 0 bridgehead atoms. The molecule has 2 N–H and O–H groups in total. The maximum atomic E-state index is 13.4. The van der Waals surface area contributed by atoms with Crippen molar-refractivity contribution in [1.29, 1.82) is 0 Å². The molecule has 2 unspecified atom stereocenters. The molecule has 3 atom stereocenters. The van der Waals surface area contributed by atoms with E-state index in [1.807, 2.05) is 0 Å². The molecule has 1 saturated heterocycles. The van der Waals surface area contributed by atoms with Crippen LogP contribution in [0.3, 0.4) is 0 Å². The lowest BCUT2D eigenvalue weighted by Gasteiger charge is -2.24. The summed E-state index contributed by atoms with van der Waals surface area (Å²) in [5.41, 5.74) is 1.05. The van der Waals surface area contributed by atoms with Crippen LogP contribution in [0.25, 0.3) is 11.3 Å². The highest BCUT2D eigenvalue weighted by molar-refractivity contribution is 7.12. The van der Waals surface area contributed by atoms with E-state index in [9.17, 15) is 18.0 Å². The van der Waals surface area contributed by atoms with Crippen LogP contribution >= 0.6 is 11.3 Å². The highest BCUT2D eigenvalue weighted by Gasteiger charge is 2.38. The van der Waals surface area contributed by atoms with Crippen LogP contribution in [-0.2, 0) is 12.7 Å². The molecule has 1 saturated carbocycles. The van der Waals surface area contributed by atoms with E-state index in [0.717, 1.165) is 30.1 Å². The van der Waals surface area contributed by atoms with Gasteiger partial charge in [-0.25, -0.2) is 4.98 Å². The van der Waals surface area contributed by atoms with Gasteiger partial charge in [-0.1, -0.05) is 43.2 Å². The van der Waals surface area contributed by atoms with Crippen LogP contribution in [0.1, 0.15) is 66.2 Å². The molecule has 0 radical (unpaired) electrons. The average Bonchev–Trinajstić information content (AvgIpc) is 3.67. The summed E-state index contributed by atoms with van der Waals surface area (Å²) >= 11 is 0.745. The number of nitrogens with zero attached hydrogens (tertiary/aromatic N) is 1. The smallest absolute Gasteiger partial charge is 0.427 e. The fourth-order valence-corrected chi connectivity index (χ4v) is 6.81. The molecular formula is C31H36F3N3O4S. The van der Waals surface area contributed by atoms with Crippen LogP contribution in [0.15, 0.2) is 42.5 Å². The number of ether oxygens (including phenoxy) is 3. The number of rotatable bonds is 7. The molecule has 42 heavy (non-hydrogen) atoms. The molecule has 3 aliphatic rings. The maximum Gasteiger partial charge on any atom is 0.427 e. The summed E-state index contributed by atoms with van der Waals surface area (Å²) in [6, 6.07) is 12.9. The highest BCUT2D eigenvalue weighted by atomic mass is 32.1. The van der Waals surface area contributed by atoms with Crippen LogP contribution in [-0.4, -0.2) is 42.8 Å². The summed E-state index contributed by atoms with van der Waals surface area (Å²) in [7, 11) is 1.53. The standard InChI is InChI=1S/C20H24F3N3S.C11H12O4/c21-20(22,23)19-18(13-6-2-1-3-7-13)26-17(27-19)12-24-11-15-10-14-8-4-5-9-16(14)25-15;1-11(2)14-9-5-7(6-12)4-8(13-3)10(9)15-11/h1-3,6-7,14-16,24-25H,4-5,8-12H2;4-6H,1-3H3/t14?,15-,16?;/m0./s1. The van der Waals surface area contributed by atoms with Crippen molar-refractivity contribution in [2.45, 2.75) is 76.5 Å². The third-order valence-corrected chi connectivity index (χ3v) is 8.79. The lowest BCUT2D eigenvalue weighted by atomic mass is 9.85. The summed E-state index contributed by atoms with van der Waals surface area (Å²) in [6.45, 7) is 4.74. The van der Waals surface area contributed by atoms with Crippen molar-refractivity contribution in [2.24, 2.45) is 5.92 Å². The van der Waals surface area contributed by atoms with E-state index in [4.69, 9.17) is 14.2 Å². The number of hydrogen-bond acceptors (Lipinski definition) is 8. The van der Waals surface area contributed by atoms with Gasteiger partial charge in [0.2, 0.25) is 11.5 Å². The molecular weight excluding hydrogens is 567 g/mol. The third kappa shape index (κ3) is 7.07. The minimum absolute atomic E-state index is 0.0370. The second-order valence-corrected chi connectivity index (χ2v) is 12.4. The zero-order valence-electron chi connectivity index (χ0n) is 23.9. The molecule has 3 aromatic rings. The van der Waals surface area contributed by atoms with Crippen LogP contribution in [0, 0.1) is 5.92 Å². The van der Waals surface area contributed by atoms with Crippen LogP contribution in [0.5, 0.6) is 17.2 Å². The Hall–Kier alpha value is -3.15. The Bertz CT molecular complexity index is 1370. The number of fused-ring (bicyclic) bond motifs is 2. The first-order valence-electron chi connectivity index (χ1n) is 14.2. The summed E-state index contributed by atoms with van der Waals surface area (Å²) in [6.07, 6.45) is 2.71. The Morgan fingerprint density at radius 2 is 1.93 bits per heavy atom. The maximum absolute atomic E-state index is 13.4. The van der Waals surface area contributed by atoms with Gasteiger partial charge in [0.15, 0.2) is 11.5 Å². The van der Waals surface area contributed by atoms with Crippen molar-refractivity contribution in [3.8, 4) is 28.5 Å². The van der Waals surface area contributed by atoms with E-state index in [-0.39, 0.29) is 5.69 Å². The van der Waals surface area contributed by atoms with Gasteiger partial charge in [-0.2, -0.15) is 13.2 Å². The summed E-state index contributed by atoms with van der Waals surface area (Å²) in [5.74, 6) is 1.67. The van der Waals surface area contributed by atoms with Gasteiger partial charge in [0.1, 0.15) is 16.2 Å². The van der Waals surface area contributed by atoms with E-state index in [1.165, 1.54) is 39.2 Å². The fraction of sp³-hybridized carbons (Fsp3) is 0.484. The molecule has 7 nitrogen and oxygen atoms in total. The zero-order chi connectivity index (χ0) is 29.9. The summed E-state index contributed by atoms with van der Waals surface area (Å²) in [5, 5.41) is 7.48. The molecule has 2 aliphatic heterocycles. The van der Waals surface area contributed by atoms with Gasteiger partial charge >= 0.3 is 6.18 Å². The molecule has 0 spiro atoms. The number of hydrogen-bond donors (Lipinski definition) is 2. The predicted molar refractivity (Wildman–Crippen MR) is 155 cm³/mol. The quantitative estimate of drug-likeness (QED) is 0.286. The van der Waals surface area contributed by atoms with E-state index in [2.05, 4.69) is 15.6 Å². The van der Waals surface area contributed by atoms with Crippen molar-refractivity contribution in [1.82, 2.24) is 15.6 Å². The van der Waals surface area contributed by atoms with Gasteiger partial charge in [0.25, 0.3) is 0 Å². The van der Waals surface area contributed by atoms with Gasteiger partial charge in [0.05, 0.1) is 12.8 Å². The molecule has 2 aromatic carbocycles. The van der Waals surface area contributed by atoms with Crippen molar-refractivity contribution in [2.75, 3.05) is 13.7 Å². The van der Waals surface area contributed by atoms with E-state index < -0.39 is 16.8 Å². The van der Waals surface area contributed by atoms with Crippen LogP contribution in [0.4, 0.5) is 13.2 Å². The van der Waals surface area contributed by atoms with Gasteiger partial charge in [0, 0.05) is 50.1 Å². The van der Waals surface area contributed by atoms with Gasteiger partial charge < -0.3 is 24.8 Å². The number of carbonyl (C=O) groups is 1. The number of benzene rings is 2. The Balaban J connectivity index is 0.000000199. The SMILES string of the molecule is COc1cc(C=O)cc2c1OC(C)(C)O2.FC(F)(F)c1sc(CNC[C@@H]2CC3CCCCC3N2)nc1-c1ccccc1. The largest absolute Gasteiger partial charge is 0.493 e. The summed E-state index contributed by atoms with van der Waals surface area (Å²) in [4.78, 5) is 14.4. The Morgan fingerprint density at radius 3 is 2.62 bits per heavy atom. The highest BCUT2D eigenvalue weighted by Crippen LogP contribution is 2.46. The van der Waals surface area contributed by atoms with Crippen LogP contribution < -0.4 is 24.8 Å². The number of nitrogens with one attached hydrogen (secondary N) is 2. The topological polar surface area (TPSA) is 81.7 Å². The molecule has 6 rings (SSSR count). The molecule has 226 valence electrons.